The molecule has 1 atom stereocenters. The lowest BCUT2D eigenvalue weighted by Gasteiger charge is -2.36. The molecule has 1 aliphatic rings. The fraction of sp³-hybridized carbons (Fsp3) is 0.733. The Morgan fingerprint density at radius 2 is 1.56 bits per heavy atom. The largest absolute Gasteiger partial charge is 0.269 e. The van der Waals surface area contributed by atoms with Gasteiger partial charge in [0.2, 0.25) is 0 Å². The maximum absolute atomic E-state index is 11.7. The van der Waals surface area contributed by atoms with Crippen LogP contribution in [0.4, 0.5) is 0 Å². The van der Waals surface area contributed by atoms with Gasteiger partial charge in [0, 0.05) is 17.7 Å². The van der Waals surface area contributed by atoms with Gasteiger partial charge in [-0.3, -0.25) is 14.5 Å². The number of hydrogen-bond acceptors (Lipinski definition) is 2. The number of carbonyl (C=O) groups is 2. The molecule has 0 saturated carbocycles. The topological polar surface area (TPSA) is 37.4 Å². The molecule has 0 aliphatic carbocycles. The Morgan fingerprint density at radius 3 is 2.06 bits per heavy atom. The molecule has 0 spiro atoms. The molecule has 0 aromatic heterocycles. The van der Waals surface area contributed by atoms with Crippen molar-refractivity contribution < 1.29 is 9.59 Å². The smallest absolute Gasteiger partial charge is 0.254 e. The monoisotopic (exact) mass is 251 g/mol. The third kappa shape index (κ3) is 3.44. The van der Waals surface area contributed by atoms with Gasteiger partial charge in [0.15, 0.2) is 0 Å². The summed E-state index contributed by atoms with van der Waals surface area (Å²) in [4.78, 5) is 24.9. The van der Waals surface area contributed by atoms with E-state index in [-0.39, 0.29) is 17.4 Å². The summed E-state index contributed by atoms with van der Waals surface area (Å²) in [5, 5.41) is 0. The van der Waals surface area contributed by atoms with E-state index in [2.05, 4.69) is 6.92 Å². The van der Waals surface area contributed by atoms with Crippen molar-refractivity contribution in [3.63, 3.8) is 0 Å². The van der Waals surface area contributed by atoms with Gasteiger partial charge in [-0.25, -0.2) is 0 Å². The first-order valence-electron chi connectivity index (χ1n) is 7.11. The van der Waals surface area contributed by atoms with Crippen LogP contribution in [0.1, 0.15) is 65.7 Å². The summed E-state index contributed by atoms with van der Waals surface area (Å²) < 4.78 is 0. The molecular weight excluding hydrogens is 226 g/mol. The Labute approximate surface area is 110 Å². The van der Waals surface area contributed by atoms with Crippen LogP contribution in [0.5, 0.6) is 0 Å². The molecule has 0 saturated heterocycles. The summed E-state index contributed by atoms with van der Waals surface area (Å²) in [6.07, 6.45) is 10.5. The van der Waals surface area contributed by atoms with E-state index in [4.69, 9.17) is 0 Å². The molecule has 18 heavy (non-hydrogen) atoms. The van der Waals surface area contributed by atoms with Crippen LogP contribution < -0.4 is 0 Å². The van der Waals surface area contributed by atoms with Crippen LogP contribution in [-0.4, -0.2) is 22.3 Å². The highest BCUT2D eigenvalue weighted by molar-refractivity contribution is 6.13. The first-order valence-corrected chi connectivity index (χ1v) is 7.11. The number of imide groups is 1. The summed E-state index contributed by atoms with van der Waals surface area (Å²) in [5.41, 5.74) is -0.316. The normalized spacial score (nSPS) is 18.5. The van der Waals surface area contributed by atoms with Gasteiger partial charge < -0.3 is 0 Å². The summed E-state index contributed by atoms with van der Waals surface area (Å²) in [6, 6.07) is 0. The predicted octanol–water partition coefficient (Wildman–Crippen LogP) is 3.44. The zero-order chi connectivity index (χ0) is 13.6. The molecule has 0 fully saturated rings. The number of carbonyl (C=O) groups excluding carboxylic acids is 2. The van der Waals surface area contributed by atoms with Crippen molar-refractivity contribution in [2.75, 3.05) is 0 Å². The van der Waals surface area contributed by atoms with Gasteiger partial charge in [-0.05, 0) is 19.8 Å². The molecular formula is C15H25NO2. The molecule has 102 valence electrons. The molecule has 1 rings (SSSR count). The van der Waals surface area contributed by atoms with Crippen molar-refractivity contribution in [3.05, 3.63) is 12.2 Å². The molecule has 2 amide bonds. The lowest BCUT2D eigenvalue weighted by Crippen LogP contribution is -2.49. The maximum atomic E-state index is 11.7. The third-order valence-corrected chi connectivity index (χ3v) is 3.93. The predicted molar refractivity (Wildman–Crippen MR) is 73.1 cm³/mol. The van der Waals surface area contributed by atoms with Crippen molar-refractivity contribution in [2.24, 2.45) is 0 Å². The summed E-state index contributed by atoms with van der Waals surface area (Å²) in [7, 11) is 0. The van der Waals surface area contributed by atoms with E-state index >= 15 is 0 Å². The molecule has 0 aromatic rings. The molecule has 0 N–H and O–H groups in total. The Balaban J connectivity index is 2.52. The Bertz CT molecular complexity index is 317. The molecule has 3 nitrogen and oxygen atoms in total. The Hall–Kier alpha value is -1.12. The molecule has 1 heterocycles. The van der Waals surface area contributed by atoms with Crippen LogP contribution in [0, 0.1) is 0 Å². The number of rotatable bonds is 8. The summed E-state index contributed by atoms with van der Waals surface area (Å²) >= 11 is 0. The highest BCUT2D eigenvalue weighted by Gasteiger charge is 2.38. The van der Waals surface area contributed by atoms with Crippen molar-refractivity contribution >= 4 is 11.8 Å². The molecule has 3 heteroatoms. The van der Waals surface area contributed by atoms with Gasteiger partial charge in [-0.1, -0.05) is 46.0 Å². The van der Waals surface area contributed by atoms with E-state index in [0.717, 1.165) is 19.3 Å². The van der Waals surface area contributed by atoms with Crippen molar-refractivity contribution in [3.8, 4) is 0 Å². The molecule has 1 unspecified atom stereocenters. The van der Waals surface area contributed by atoms with Gasteiger partial charge in [0.25, 0.3) is 11.8 Å². The maximum Gasteiger partial charge on any atom is 0.254 e. The van der Waals surface area contributed by atoms with Gasteiger partial charge in [-0.15, -0.1) is 0 Å². The average Bonchev–Trinajstić information content (AvgIpc) is 2.69. The fourth-order valence-corrected chi connectivity index (χ4v) is 2.49. The van der Waals surface area contributed by atoms with Crippen molar-refractivity contribution in [1.82, 2.24) is 4.90 Å². The first-order chi connectivity index (χ1) is 8.55. The second-order valence-corrected chi connectivity index (χ2v) is 5.36. The second kappa shape index (κ2) is 6.72. The Kier molecular flexibility index (Phi) is 5.57. The van der Waals surface area contributed by atoms with E-state index in [0.29, 0.717) is 0 Å². The highest BCUT2D eigenvalue weighted by Crippen LogP contribution is 2.29. The quantitative estimate of drug-likeness (QED) is 0.489. The van der Waals surface area contributed by atoms with Gasteiger partial charge in [0.1, 0.15) is 0 Å². The second-order valence-electron chi connectivity index (χ2n) is 5.36. The van der Waals surface area contributed by atoms with Crippen LogP contribution in [0.15, 0.2) is 12.2 Å². The lowest BCUT2D eigenvalue weighted by molar-refractivity contribution is -0.144. The van der Waals surface area contributed by atoms with E-state index in [9.17, 15) is 9.59 Å². The molecule has 0 bridgehead atoms. The van der Waals surface area contributed by atoms with Gasteiger partial charge in [0.05, 0.1) is 0 Å². The van der Waals surface area contributed by atoms with Crippen molar-refractivity contribution in [1.29, 1.82) is 0 Å². The van der Waals surface area contributed by atoms with Crippen LogP contribution >= 0.6 is 0 Å². The zero-order valence-corrected chi connectivity index (χ0v) is 11.9. The molecule has 0 radical (unpaired) electrons. The van der Waals surface area contributed by atoms with E-state index in [1.54, 1.807) is 0 Å². The first kappa shape index (κ1) is 14.9. The third-order valence-electron chi connectivity index (χ3n) is 3.93. The number of unbranched alkanes of at least 4 members (excludes halogenated alkanes) is 4. The molecule has 1 aliphatic heterocycles. The zero-order valence-electron chi connectivity index (χ0n) is 11.9. The minimum Gasteiger partial charge on any atom is -0.269 e. The number of nitrogens with zero attached hydrogens (tertiary/aromatic N) is 1. The fourth-order valence-electron chi connectivity index (χ4n) is 2.49. The van der Waals surface area contributed by atoms with Crippen LogP contribution in [0.25, 0.3) is 0 Å². The number of amides is 2. The van der Waals surface area contributed by atoms with Gasteiger partial charge >= 0.3 is 0 Å². The minimum atomic E-state index is -0.316. The van der Waals surface area contributed by atoms with Gasteiger partial charge in [-0.2, -0.15) is 0 Å². The Morgan fingerprint density at radius 1 is 1.00 bits per heavy atom. The van der Waals surface area contributed by atoms with Crippen LogP contribution in [-0.2, 0) is 9.59 Å². The summed E-state index contributed by atoms with van der Waals surface area (Å²) in [6.45, 7) is 6.27. The van der Waals surface area contributed by atoms with E-state index < -0.39 is 0 Å². The van der Waals surface area contributed by atoms with Crippen molar-refractivity contribution in [2.45, 2.75) is 71.3 Å². The average molecular weight is 251 g/mol. The SMILES string of the molecule is CCCCCCCC(C)(CC)N1C(=O)C=CC1=O. The highest BCUT2D eigenvalue weighted by atomic mass is 16.2. The lowest BCUT2D eigenvalue weighted by atomic mass is 9.89. The van der Waals surface area contributed by atoms with Crippen LogP contribution in [0.3, 0.4) is 0 Å². The van der Waals surface area contributed by atoms with Crippen LogP contribution in [0.2, 0.25) is 0 Å². The van der Waals surface area contributed by atoms with E-state index in [1.165, 1.54) is 42.7 Å². The number of hydrogen-bond donors (Lipinski definition) is 0. The minimum absolute atomic E-state index is 0.155. The standard InChI is InChI=1S/C15H25NO2/c1-4-6-7-8-9-12-15(3,5-2)16-13(17)10-11-14(16)18/h10-11H,4-9,12H2,1-3H3. The van der Waals surface area contributed by atoms with E-state index in [1.807, 2.05) is 13.8 Å². The summed E-state index contributed by atoms with van der Waals surface area (Å²) in [5.74, 6) is -0.309. The molecule has 0 aromatic carbocycles.